The number of hydrogen-bond donors (Lipinski definition) is 0. The molecular weight excluding hydrogens is 183 g/mol. The number of rotatable bonds is 0. The first-order chi connectivity index (χ1) is 0. The molecule has 0 bridgehead atoms. The summed E-state index contributed by atoms with van der Waals surface area (Å²) < 4.78 is 0. The predicted molar refractivity (Wildman–Crippen MR) is 13.6 cm³/mol. The Kier molecular flexibility index (Phi) is 39000. The summed E-state index contributed by atoms with van der Waals surface area (Å²) in [6.07, 6.45) is 0. The Morgan fingerprint density at radius 1 is 0.500 bits per heavy atom. The first-order valence-electron chi connectivity index (χ1n) is 0. The molecule has 0 amide bonds. The van der Waals surface area contributed by atoms with E-state index >= 15 is 0 Å². The molecule has 1 nitrogen and oxygen atoms in total. The van der Waals surface area contributed by atoms with Crippen molar-refractivity contribution in [3.05, 3.63) is 0 Å². The van der Waals surface area contributed by atoms with E-state index in [9.17, 15) is 0 Å². The molecule has 0 saturated heterocycles. The van der Waals surface area contributed by atoms with Gasteiger partial charge < -0.3 is 5.48 Å². The topological polar surface area (TPSA) is 31.5 Å². The normalized spacial score (nSPS) is 0. The van der Waals surface area contributed by atoms with Crippen LogP contribution in [0.15, 0.2) is 0 Å². The van der Waals surface area contributed by atoms with Crippen molar-refractivity contribution in [2.24, 2.45) is 0 Å². The average molecular weight is 189 g/mol. The van der Waals surface area contributed by atoms with Crippen molar-refractivity contribution in [1.29, 1.82) is 0 Å². The van der Waals surface area contributed by atoms with Crippen molar-refractivity contribution < 1.29 is 50.5 Å². The zero-order valence-electron chi connectivity index (χ0n) is 2.63. The summed E-state index contributed by atoms with van der Waals surface area (Å²) in [5.74, 6) is 0. The molecule has 6 heteroatoms. The second-order valence-corrected chi connectivity index (χ2v) is 0. The largest absolute Gasteiger partial charge is 0.412 e. The molecule has 0 atom stereocenters. The number of halogens is 4. The Labute approximate surface area is 51.0 Å². The maximum atomic E-state index is 0. The Hall–Kier alpha value is 0.563. The van der Waals surface area contributed by atoms with Gasteiger partial charge in [-0.2, -0.15) is 0 Å². The van der Waals surface area contributed by atoms with Gasteiger partial charge in [0.25, 0.3) is 0 Å². The molecule has 0 aliphatic rings. The fourth-order valence-electron chi connectivity index (χ4n) is 0. The average Bonchev–Trinajstić information content (AvgIpc) is 0. The third kappa shape index (κ3) is 183. The Morgan fingerprint density at radius 3 is 0.500 bits per heavy atom. The van der Waals surface area contributed by atoms with Crippen molar-refractivity contribution in [1.82, 2.24) is 0 Å². The van der Waals surface area contributed by atoms with Gasteiger partial charge in [0, 0.05) is 26.2 Å². The third-order valence-corrected chi connectivity index (χ3v) is 0. The van der Waals surface area contributed by atoms with Gasteiger partial charge in [0.2, 0.25) is 0 Å². The fraction of sp³-hybridized carbons (Fsp3) is 0. The molecule has 0 radical (unpaired) electrons. The molecule has 0 spiro atoms. The zero-order chi connectivity index (χ0) is 0. The fourth-order valence-corrected chi connectivity index (χ4v) is 0. The minimum Gasteiger partial charge on any atom is -0.412 e. The van der Waals surface area contributed by atoms with E-state index < -0.39 is 0 Å². The van der Waals surface area contributed by atoms with E-state index in [1.165, 1.54) is 0 Å². The van der Waals surface area contributed by atoms with Crippen LogP contribution in [-0.2, 0) is 26.2 Å². The summed E-state index contributed by atoms with van der Waals surface area (Å²) in [5, 5.41) is 0. The van der Waals surface area contributed by atoms with E-state index in [2.05, 4.69) is 0 Å². The van der Waals surface area contributed by atoms with E-state index in [4.69, 9.17) is 0 Å². The minimum absolute atomic E-state index is 0. The Balaban J connectivity index is 0. The van der Waals surface area contributed by atoms with Gasteiger partial charge >= 0.3 is 0 Å². The van der Waals surface area contributed by atoms with Crippen LogP contribution < -0.4 is 0 Å². The molecule has 2 N–H and O–H groups in total. The molecule has 44 valence electrons. The standard InChI is InChI=1S/4FH.H2O.Zr/h4*1H;1H2;. The smallest absolute Gasteiger partial charge is 0 e. The maximum Gasteiger partial charge on any atom is 0 e. The second kappa shape index (κ2) is 365. The molecular formula is H6F4OZr. The Morgan fingerprint density at radius 2 is 0.500 bits per heavy atom. The van der Waals surface area contributed by atoms with Crippen molar-refractivity contribution in [2.45, 2.75) is 0 Å². The summed E-state index contributed by atoms with van der Waals surface area (Å²) in [6, 6.07) is 0. The molecule has 0 heterocycles. The van der Waals surface area contributed by atoms with Crippen molar-refractivity contribution >= 4 is 0 Å². The summed E-state index contributed by atoms with van der Waals surface area (Å²) in [6.45, 7) is 0. The molecule has 0 aliphatic heterocycles. The molecule has 0 rings (SSSR count). The van der Waals surface area contributed by atoms with Crippen LogP contribution in [0.25, 0.3) is 0 Å². The quantitative estimate of drug-likeness (QED) is 0.472. The van der Waals surface area contributed by atoms with E-state index in [-0.39, 0.29) is 50.5 Å². The maximum absolute atomic E-state index is 0. The van der Waals surface area contributed by atoms with Crippen LogP contribution >= 0.6 is 0 Å². The predicted octanol–water partition coefficient (Wildman–Crippen LogP) is -0.217. The summed E-state index contributed by atoms with van der Waals surface area (Å²) in [4.78, 5) is 0. The van der Waals surface area contributed by atoms with Crippen LogP contribution in [0.2, 0.25) is 0 Å². The van der Waals surface area contributed by atoms with Gasteiger partial charge in [0.05, 0.1) is 0 Å². The van der Waals surface area contributed by atoms with Gasteiger partial charge in [-0.15, -0.1) is 0 Å². The molecule has 0 unspecified atom stereocenters. The molecule has 0 fully saturated rings. The van der Waals surface area contributed by atoms with Gasteiger partial charge in [-0.1, -0.05) is 0 Å². The summed E-state index contributed by atoms with van der Waals surface area (Å²) in [5.41, 5.74) is 0. The first-order valence-corrected chi connectivity index (χ1v) is 0. The molecule has 0 aliphatic carbocycles. The Bertz CT molecular complexity index is 7.51. The van der Waals surface area contributed by atoms with Gasteiger partial charge in [-0.3, -0.25) is 18.8 Å². The van der Waals surface area contributed by atoms with Crippen LogP contribution in [0.4, 0.5) is 18.8 Å². The van der Waals surface area contributed by atoms with Crippen LogP contribution in [-0.4, -0.2) is 5.48 Å². The van der Waals surface area contributed by atoms with Gasteiger partial charge in [-0.05, 0) is 0 Å². The molecule has 0 aromatic heterocycles. The van der Waals surface area contributed by atoms with Crippen LogP contribution in [0.1, 0.15) is 0 Å². The van der Waals surface area contributed by atoms with E-state index in [0.29, 0.717) is 0 Å². The molecule has 0 aromatic carbocycles. The SMILES string of the molecule is F.F.F.F.O.[Zr]. The van der Waals surface area contributed by atoms with Crippen molar-refractivity contribution in [2.75, 3.05) is 0 Å². The minimum atomic E-state index is 0. The molecule has 0 aromatic rings. The van der Waals surface area contributed by atoms with Gasteiger partial charge in [-0.25, -0.2) is 0 Å². The first kappa shape index (κ1) is 641. The zero-order valence-corrected chi connectivity index (χ0v) is 5.09. The number of hydrogen-bond acceptors (Lipinski definition) is 0. The summed E-state index contributed by atoms with van der Waals surface area (Å²) >= 11 is 0. The molecule has 0 saturated carbocycles. The van der Waals surface area contributed by atoms with Gasteiger partial charge in [0.15, 0.2) is 0 Å². The van der Waals surface area contributed by atoms with E-state index in [0.717, 1.165) is 0 Å². The van der Waals surface area contributed by atoms with Crippen LogP contribution in [0.3, 0.4) is 0 Å². The van der Waals surface area contributed by atoms with Crippen LogP contribution in [0, 0.1) is 0 Å². The monoisotopic (exact) mass is 188 g/mol. The second-order valence-electron chi connectivity index (χ2n) is 0. The van der Waals surface area contributed by atoms with Crippen molar-refractivity contribution in [3.63, 3.8) is 0 Å². The van der Waals surface area contributed by atoms with Crippen LogP contribution in [0.5, 0.6) is 0 Å². The van der Waals surface area contributed by atoms with E-state index in [1.807, 2.05) is 0 Å². The summed E-state index contributed by atoms with van der Waals surface area (Å²) in [7, 11) is 0. The third-order valence-electron chi connectivity index (χ3n) is 0. The van der Waals surface area contributed by atoms with Gasteiger partial charge in [0.1, 0.15) is 0 Å². The molecule has 6 heavy (non-hydrogen) atoms. The van der Waals surface area contributed by atoms with E-state index in [1.54, 1.807) is 0 Å². The van der Waals surface area contributed by atoms with Crippen molar-refractivity contribution in [3.8, 4) is 0 Å².